The smallest absolute Gasteiger partial charge is 0.0413 e. The number of hydrogen-bond acceptors (Lipinski definition) is 3. The van der Waals surface area contributed by atoms with Crippen LogP contribution in [0.4, 0.5) is 5.69 Å². The minimum absolute atomic E-state index is 0.832. The van der Waals surface area contributed by atoms with E-state index in [2.05, 4.69) is 34.2 Å². The Kier molecular flexibility index (Phi) is 4.49. The number of hydrogen-bond donors (Lipinski definition) is 1. The second-order valence-corrected chi connectivity index (χ2v) is 6.24. The standard InChI is InChI=1S/C16H24ClN3/c1-2-18-12-13-11-14(17)3-6-16(13)20-9-7-19(8-10-20)15-4-5-15/h3,6,11,15,18H,2,4-5,7-10,12H2,1H3. The molecule has 1 saturated heterocycles. The highest BCUT2D eigenvalue weighted by molar-refractivity contribution is 6.30. The Bertz CT molecular complexity index is 451. The first-order valence-corrected chi connectivity index (χ1v) is 8.14. The topological polar surface area (TPSA) is 18.5 Å². The number of piperazine rings is 1. The van der Waals surface area contributed by atoms with Gasteiger partial charge in [0.2, 0.25) is 0 Å². The van der Waals surface area contributed by atoms with Crippen LogP contribution in [0.2, 0.25) is 5.02 Å². The Balaban J connectivity index is 1.69. The Hall–Kier alpha value is -0.770. The van der Waals surface area contributed by atoms with Gasteiger partial charge in [-0.05, 0) is 43.1 Å². The predicted molar refractivity (Wildman–Crippen MR) is 85.6 cm³/mol. The van der Waals surface area contributed by atoms with Crippen molar-refractivity contribution in [3.8, 4) is 0 Å². The molecule has 1 aliphatic heterocycles. The highest BCUT2D eigenvalue weighted by atomic mass is 35.5. The molecule has 0 spiro atoms. The lowest BCUT2D eigenvalue weighted by atomic mass is 10.1. The SMILES string of the molecule is CCNCc1cc(Cl)ccc1N1CCN(C2CC2)CC1. The molecule has 0 radical (unpaired) electrons. The number of halogens is 1. The summed E-state index contributed by atoms with van der Waals surface area (Å²) < 4.78 is 0. The number of benzene rings is 1. The van der Waals surface area contributed by atoms with Gasteiger partial charge in [-0.3, -0.25) is 4.90 Å². The van der Waals surface area contributed by atoms with Crippen molar-refractivity contribution >= 4 is 17.3 Å². The van der Waals surface area contributed by atoms with E-state index in [1.54, 1.807) is 0 Å². The van der Waals surface area contributed by atoms with E-state index in [0.29, 0.717) is 0 Å². The fourth-order valence-corrected chi connectivity index (χ4v) is 3.23. The van der Waals surface area contributed by atoms with Crippen molar-refractivity contribution in [2.24, 2.45) is 0 Å². The maximum Gasteiger partial charge on any atom is 0.0413 e. The summed E-state index contributed by atoms with van der Waals surface area (Å²) in [6.45, 7) is 8.70. The molecular weight excluding hydrogens is 270 g/mol. The maximum absolute atomic E-state index is 6.15. The molecule has 0 bridgehead atoms. The van der Waals surface area contributed by atoms with E-state index in [1.165, 1.54) is 37.2 Å². The molecule has 3 nitrogen and oxygen atoms in total. The zero-order valence-electron chi connectivity index (χ0n) is 12.2. The molecule has 4 heteroatoms. The normalized spacial score (nSPS) is 20.4. The summed E-state index contributed by atoms with van der Waals surface area (Å²) >= 11 is 6.15. The van der Waals surface area contributed by atoms with Crippen LogP contribution in [0, 0.1) is 0 Å². The summed E-state index contributed by atoms with van der Waals surface area (Å²) in [6.07, 6.45) is 2.82. The summed E-state index contributed by atoms with van der Waals surface area (Å²) in [5.41, 5.74) is 2.67. The largest absolute Gasteiger partial charge is 0.369 e. The Morgan fingerprint density at radius 1 is 1.20 bits per heavy atom. The molecule has 110 valence electrons. The molecule has 2 aliphatic rings. The molecule has 0 unspecified atom stereocenters. The van der Waals surface area contributed by atoms with E-state index in [4.69, 9.17) is 11.6 Å². The zero-order chi connectivity index (χ0) is 13.9. The van der Waals surface area contributed by atoms with Crippen LogP contribution in [0.25, 0.3) is 0 Å². The monoisotopic (exact) mass is 293 g/mol. The van der Waals surface area contributed by atoms with Gasteiger partial charge in [-0.1, -0.05) is 18.5 Å². The van der Waals surface area contributed by atoms with E-state index in [9.17, 15) is 0 Å². The van der Waals surface area contributed by atoms with Gasteiger partial charge in [0.05, 0.1) is 0 Å². The summed E-state index contributed by atoms with van der Waals surface area (Å²) in [5.74, 6) is 0. The van der Waals surface area contributed by atoms with Crippen molar-refractivity contribution in [1.29, 1.82) is 0 Å². The van der Waals surface area contributed by atoms with Gasteiger partial charge in [0.1, 0.15) is 0 Å². The molecule has 20 heavy (non-hydrogen) atoms. The summed E-state index contributed by atoms with van der Waals surface area (Å²) in [7, 11) is 0. The third kappa shape index (κ3) is 3.27. The van der Waals surface area contributed by atoms with Crippen LogP contribution in [0.1, 0.15) is 25.3 Å². The zero-order valence-corrected chi connectivity index (χ0v) is 13.0. The lowest BCUT2D eigenvalue weighted by Gasteiger charge is -2.37. The molecule has 1 N–H and O–H groups in total. The van der Waals surface area contributed by atoms with Crippen LogP contribution in [-0.4, -0.2) is 43.7 Å². The second-order valence-electron chi connectivity index (χ2n) is 5.81. The van der Waals surface area contributed by atoms with E-state index in [1.807, 2.05) is 6.07 Å². The average molecular weight is 294 g/mol. The number of anilines is 1. The Morgan fingerprint density at radius 3 is 2.60 bits per heavy atom. The van der Waals surface area contributed by atoms with Crippen LogP contribution in [0.3, 0.4) is 0 Å². The fraction of sp³-hybridized carbons (Fsp3) is 0.625. The van der Waals surface area contributed by atoms with E-state index < -0.39 is 0 Å². The Morgan fingerprint density at radius 2 is 1.95 bits per heavy atom. The number of nitrogens with zero attached hydrogens (tertiary/aromatic N) is 2. The van der Waals surface area contributed by atoms with Crippen molar-refractivity contribution in [3.63, 3.8) is 0 Å². The number of nitrogens with one attached hydrogen (secondary N) is 1. The van der Waals surface area contributed by atoms with Gasteiger partial charge in [-0.25, -0.2) is 0 Å². The quantitative estimate of drug-likeness (QED) is 0.900. The molecule has 1 heterocycles. The van der Waals surface area contributed by atoms with E-state index in [0.717, 1.165) is 37.2 Å². The van der Waals surface area contributed by atoms with Crippen LogP contribution in [-0.2, 0) is 6.54 Å². The molecule has 0 amide bonds. The van der Waals surface area contributed by atoms with Crippen molar-refractivity contribution in [1.82, 2.24) is 10.2 Å². The van der Waals surface area contributed by atoms with Gasteiger partial charge < -0.3 is 10.2 Å². The molecule has 0 aromatic heterocycles. The second kappa shape index (κ2) is 6.33. The van der Waals surface area contributed by atoms with Crippen molar-refractivity contribution in [3.05, 3.63) is 28.8 Å². The predicted octanol–water partition coefficient (Wildman–Crippen LogP) is 2.73. The summed E-state index contributed by atoms with van der Waals surface area (Å²) in [4.78, 5) is 5.16. The highest BCUT2D eigenvalue weighted by Crippen LogP contribution is 2.30. The molecule has 1 saturated carbocycles. The minimum atomic E-state index is 0.832. The average Bonchev–Trinajstić information content (AvgIpc) is 3.30. The lowest BCUT2D eigenvalue weighted by Crippen LogP contribution is -2.47. The van der Waals surface area contributed by atoms with Crippen LogP contribution in [0.15, 0.2) is 18.2 Å². The van der Waals surface area contributed by atoms with Crippen LogP contribution in [0.5, 0.6) is 0 Å². The van der Waals surface area contributed by atoms with Crippen LogP contribution < -0.4 is 10.2 Å². The van der Waals surface area contributed by atoms with Crippen LogP contribution >= 0.6 is 11.6 Å². The number of rotatable bonds is 5. The van der Waals surface area contributed by atoms with Crippen molar-refractivity contribution < 1.29 is 0 Å². The van der Waals surface area contributed by atoms with Gasteiger partial charge in [-0.2, -0.15) is 0 Å². The van der Waals surface area contributed by atoms with Crippen molar-refractivity contribution in [2.45, 2.75) is 32.4 Å². The third-order valence-corrected chi connectivity index (χ3v) is 4.56. The molecule has 1 aliphatic carbocycles. The van der Waals surface area contributed by atoms with Gasteiger partial charge in [-0.15, -0.1) is 0 Å². The first-order valence-electron chi connectivity index (χ1n) is 7.76. The first kappa shape index (κ1) is 14.2. The van der Waals surface area contributed by atoms with E-state index >= 15 is 0 Å². The lowest BCUT2D eigenvalue weighted by molar-refractivity contribution is 0.248. The molecular formula is C16H24ClN3. The molecule has 0 atom stereocenters. The first-order chi connectivity index (χ1) is 9.78. The highest BCUT2D eigenvalue weighted by Gasteiger charge is 2.31. The molecule has 2 fully saturated rings. The molecule has 1 aromatic carbocycles. The third-order valence-electron chi connectivity index (χ3n) is 4.33. The van der Waals surface area contributed by atoms with E-state index in [-0.39, 0.29) is 0 Å². The summed E-state index contributed by atoms with van der Waals surface area (Å²) in [6, 6.07) is 7.19. The summed E-state index contributed by atoms with van der Waals surface area (Å²) in [5, 5.41) is 4.24. The van der Waals surface area contributed by atoms with Gasteiger partial charge >= 0.3 is 0 Å². The van der Waals surface area contributed by atoms with Crippen molar-refractivity contribution in [2.75, 3.05) is 37.6 Å². The Labute approximate surface area is 126 Å². The van der Waals surface area contributed by atoms with Gasteiger partial charge in [0, 0.05) is 49.5 Å². The van der Waals surface area contributed by atoms with Gasteiger partial charge in [0.25, 0.3) is 0 Å². The molecule has 3 rings (SSSR count). The minimum Gasteiger partial charge on any atom is -0.369 e. The van der Waals surface area contributed by atoms with Gasteiger partial charge in [0.15, 0.2) is 0 Å². The maximum atomic E-state index is 6.15. The molecule has 1 aromatic rings. The fourth-order valence-electron chi connectivity index (χ4n) is 3.03.